The highest BCUT2D eigenvalue weighted by atomic mass is 31.2. The molecule has 1 rings (SSSR count). The molecule has 0 radical (unpaired) electrons. The predicted octanol–water partition coefficient (Wildman–Crippen LogP) is 8.40. The van der Waals surface area contributed by atoms with Gasteiger partial charge in [-0.1, -0.05) is 154 Å². The van der Waals surface area contributed by atoms with Crippen molar-refractivity contribution in [2.45, 2.75) is 236 Å². The molecular weight excluding hydrogens is 834 g/mol. The summed E-state index contributed by atoms with van der Waals surface area (Å²) >= 11 is 0. The Morgan fingerprint density at radius 1 is 0.508 bits per heavy atom. The van der Waals surface area contributed by atoms with Crippen molar-refractivity contribution in [1.29, 1.82) is 0 Å². The highest BCUT2D eigenvalue weighted by Gasteiger charge is 2.54. The lowest BCUT2D eigenvalue weighted by Gasteiger charge is -2.43. The van der Waals surface area contributed by atoms with Gasteiger partial charge < -0.3 is 44.6 Å². The quantitative estimate of drug-likeness (QED) is 0.0132. The first-order valence-corrected chi connectivity index (χ1v) is 26.3. The lowest BCUT2D eigenvalue weighted by molar-refractivity contribution is -0.216. The van der Waals surface area contributed by atoms with E-state index in [2.05, 4.69) is 30.5 Å². The third kappa shape index (κ3) is 29.7. The summed E-state index contributed by atoms with van der Waals surface area (Å²) in [5, 5.41) is 41.2. The van der Waals surface area contributed by atoms with Crippen LogP contribution in [0.15, 0.2) is 12.2 Å². The van der Waals surface area contributed by atoms with Gasteiger partial charge in [0.05, 0.1) is 6.61 Å². The van der Waals surface area contributed by atoms with Crippen LogP contribution in [0.3, 0.4) is 0 Å². The molecule has 16 nitrogen and oxygen atoms in total. The molecule has 61 heavy (non-hydrogen) atoms. The summed E-state index contributed by atoms with van der Waals surface area (Å²) in [6, 6.07) is 0. The molecular formula is C43H82O16P2. The Morgan fingerprint density at radius 3 is 1.34 bits per heavy atom. The van der Waals surface area contributed by atoms with Gasteiger partial charge in [0, 0.05) is 12.8 Å². The zero-order valence-electron chi connectivity index (χ0n) is 37.1. The van der Waals surface area contributed by atoms with Crippen LogP contribution < -0.4 is 0 Å². The van der Waals surface area contributed by atoms with Crippen molar-refractivity contribution in [3.05, 3.63) is 12.2 Å². The second-order valence-corrected chi connectivity index (χ2v) is 19.1. The number of ether oxygens (including phenoxy) is 2. The number of aliphatic hydroxyl groups excluding tert-OH is 4. The molecule has 360 valence electrons. The van der Waals surface area contributed by atoms with E-state index in [9.17, 15) is 44.0 Å². The second-order valence-electron chi connectivity index (χ2n) is 16.5. The van der Waals surface area contributed by atoms with E-state index in [1.54, 1.807) is 0 Å². The largest absolute Gasteiger partial charge is 0.472 e. The standard InChI is InChI=1S/C43H82O16P2/c1-3-5-7-9-11-13-15-17-18-20-22-24-26-28-30-32-37(45)57-35(33-55-36(44)31-29-27-25-23-21-19-16-14-12-10-8-6-4-2)34-56-61(53,54)59-43-40(48)38(46)39(47)42(41(43)49)58-60(50,51)52/h17-18,35,38-43,46-49H,3-16,19-34H2,1-2H3,(H,53,54)(H2,50,51,52). The maximum absolute atomic E-state index is 13.0. The summed E-state index contributed by atoms with van der Waals surface area (Å²) in [5.41, 5.74) is 0. The Labute approximate surface area is 365 Å². The summed E-state index contributed by atoms with van der Waals surface area (Å²) in [7, 11) is -10.7. The van der Waals surface area contributed by atoms with E-state index < -0.39 is 83.5 Å². The smallest absolute Gasteiger partial charge is 0.462 e. The Balaban J connectivity index is 2.61. The zero-order chi connectivity index (χ0) is 45.4. The predicted molar refractivity (Wildman–Crippen MR) is 232 cm³/mol. The van der Waals surface area contributed by atoms with E-state index in [0.717, 1.165) is 64.2 Å². The van der Waals surface area contributed by atoms with Crippen molar-refractivity contribution in [3.8, 4) is 0 Å². The van der Waals surface area contributed by atoms with Crippen LogP contribution >= 0.6 is 15.6 Å². The number of carbonyl (C=O) groups excluding carboxylic acids is 2. The van der Waals surface area contributed by atoms with Crippen molar-refractivity contribution in [1.82, 2.24) is 0 Å². The fraction of sp³-hybridized carbons (Fsp3) is 0.907. The maximum atomic E-state index is 13.0. The molecule has 8 atom stereocenters. The molecule has 1 fully saturated rings. The number of phosphoric ester groups is 2. The summed E-state index contributed by atoms with van der Waals surface area (Å²) in [6.45, 7) is 3.10. The SMILES string of the molecule is CCCCCCCCC=CCCCCCCCC(=O)OC(COC(=O)CCCCCCCCCCCCCCC)COP(=O)(O)OC1C(O)C(O)C(O)C(OP(=O)(O)O)C1O. The van der Waals surface area contributed by atoms with Gasteiger partial charge in [-0.05, 0) is 38.5 Å². The first-order chi connectivity index (χ1) is 29.1. The molecule has 0 spiro atoms. The van der Waals surface area contributed by atoms with Gasteiger partial charge in [0.2, 0.25) is 0 Å². The van der Waals surface area contributed by atoms with Gasteiger partial charge in [0.1, 0.15) is 43.2 Å². The van der Waals surface area contributed by atoms with Crippen LogP contribution in [0, 0.1) is 0 Å². The van der Waals surface area contributed by atoms with Gasteiger partial charge in [-0.25, -0.2) is 9.13 Å². The van der Waals surface area contributed by atoms with Gasteiger partial charge in [0.25, 0.3) is 0 Å². The van der Waals surface area contributed by atoms with Crippen LogP contribution in [0.25, 0.3) is 0 Å². The molecule has 1 aliphatic rings. The molecule has 0 aromatic heterocycles. The number of aliphatic hydroxyl groups is 4. The third-order valence-corrected chi connectivity index (χ3v) is 12.3. The number of phosphoric acid groups is 2. The van der Waals surface area contributed by atoms with Crippen molar-refractivity contribution in [2.75, 3.05) is 13.2 Å². The summed E-state index contributed by atoms with van der Waals surface area (Å²) < 4.78 is 49.3. The number of unbranched alkanes of at least 4 members (excludes halogenated alkanes) is 23. The van der Waals surface area contributed by atoms with Crippen molar-refractivity contribution < 1.29 is 76.9 Å². The average molecular weight is 917 g/mol. The Bertz CT molecular complexity index is 1250. The highest BCUT2D eigenvalue weighted by molar-refractivity contribution is 7.47. The number of hydrogen-bond donors (Lipinski definition) is 7. The molecule has 8 unspecified atom stereocenters. The van der Waals surface area contributed by atoms with Crippen LogP contribution in [-0.4, -0.2) is 103 Å². The first kappa shape index (κ1) is 57.8. The number of rotatable bonds is 39. The molecule has 0 saturated heterocycles. The minimum Gasteiger partial charge on any atom is -0.462 e. The number of hydrogen-bond acceptors (Lipinski definition) is 13. The topological polar surface area (TPSA) is 256 Å². The van der Waals surface area contributed by atoms with Gasteiger partial charge in [0.15, 0.2) is 6.10 Å². The summed E-state index contributed by atoms with van der Waals surface area (Å²) in [4.78, 5) is 54.2. The minimum atomic E-state index is -5.36. The summed E-state index contributed by atoms with van der Waals surface area (Å²) in [6.07, 6.45) is 18.9. The maximum Gasteiger partial charge on any atom is 0.472 e. The van der Waals surface area contributed by atoms with Crippen LogP contribution in [-0.2, 0) is 41.8 Å². The van der Waals surface area contributed by atoms with E-state index in [-0.39, 0.29) is 12.8 Å². The molecule has 7 N–H and O–H groups in total. The van der Waals surface area contributed by atoms with E-state index in [1.165, 1.54) is 89.9 Å². The molecule has 0 heterocycles. The minimum absolute atomic E-state index is 0.0382. The van der Waals surface area contributed by atoms with Crippen LogP contribution in [0.5, 0.6) is 0 Å². The molecule has 1 saturated carbocycles. The second kappa shape index (κ2) is 35.1. The van der Waals surface area contributed by atoms with Crippen LogP contribution in [0.2, 0.25) is 0 Å². The fourth-order valence-electron chi connectivity index (χ4n) is 7.20. The molecule has 18 heteroatoms. The molecule has 0 aliphatic heterocycles. The number of esters is 2. The van der Waals surface area contributed by atoms with E-state index in [4.69, 9.17) is 28.3 Å². The van der Waals surface area contributed by atoms with Gasteiger partial charge in [-0.15, -0.1) is 0 Å². The Hall–Kier alpha value is -1.26. The van der Waals surface area contributed by atoms with E-state index in [1.807, 2.05) is 0 Å². The van der Waals surface area contributed by atoms with Gasteiger partial charge in [-0.2, -0.15) is 0 Å². The molecule has 1 aliphatic carbocycles. The molecule has 0 aromatic carbocycles. The van der Waals surface area contributed by atoms with Gasteiger partial charge in [-0.3, -0.25) is 23.2 Å². The van der Waals surface area contributed by atoms with Crippen molar-refractivity contribution >= 4 is 27.6 Å². The van der Waals surface area contributed by atoms with Crippen molar-refractivity contribution in [2.24, 2.45) is 0 Å². The van der Waals surface area contributed by atoms with Gasteiger partial charge >= 0.3 is 27.6 Å². The Kier molecular flexibility index (Phi) is 33.2. The van der Waals surface area contributed by atoms with Crippen LogP contribution in [0.1, 0.15) is 194 Å². The normalized spacial score (nSPS) is 22.3. The van der Waals surface area contributed by atoms with Crippen molar-refractivity contribution in [3.63, 3.8) is 0 Å². The van der Waals surface area contributed by atoms with E-state index in [0.29, 0.717) is 12.8 Å². The number of carbonyl (C=O) groups is 2. The van der Waals surface area contributed by atoms with E-state index >= 15 is 0 Å². The average Bonchev–Trinajstić information content (AvgIpc) is 3.21. The molecule has 0 amide bonds. The zero-order valence-corrected chi connectivity index (χ0v) is 38.9. The lowest BCUT2D eigenvalue weighted by atomic mass is 9.85. The fourth-order valence-corrected chi connectivity index (χ4v) is 8.74. The Morgan fingerprint density at radius 2 is 0.902 bits per heavy atom. The molecule has 0 aromatic rings. The highest BCUT2D eigenvalue weighted by Crippen LogP contribution is 2.49. The van der Waals surface area contributed by atoms with Crippen LogP contribution in [0.4, 0.5) is 0 Å². The lowest BCUT2D eigenvalue weighted by Crippen LogP contribution is -2.64. The first-order valence-electron chi connectivity index (χ1n) is 23.2. The monoisotopic (exact) mass is 917 g/mol. The number of allylic oxidation sites excluding steroid dienone is 2. The third-order valence-electron chi connectivity index (χ3n) is 10.8. The molecule has 0 bridgehead atoms. The summed E-state index contributed by atoms with van der Waals surface area (Å²) in [5.74, 6) is -1.21.